The highest BCUT2D eigenvalue weighted by atomic mass is 32.2. The molecule has 3 aromatic rings. The molecule has 7 heteroatoms. The highest BCUT2D eigenvalue weighted by molar-refractivity contribution is 8.00. The van der Waals surface area contributed by atoms with Gasteiger partial charge in [0.15, 0.2) is 0 Å². The Bertz CT molecular complexity index is 940. The predicted octanol–water partition coefficient (Wildman–Crippen LogP) is 2.77. The molecule has 24 heavy (non-hydrogen) atoms. The Kier molecular flexibility index (Phi) is 4.61. The SMILES string of the molecule is CN(C)C(=O)CSc1cc(/C=N\O)nc2c1ccc1cccnc12. The third-order valence-corrected chi connectivity index (χ3v) is 4.61. The molecule has 2 aromatic heterocycles. The number of oxime groups is 1. The Balaban J connectivity index is 2.16. The smallest absolute Gasteiger partial charge is 0.232 e. The number of aromatic nitrogens is 2. The molecule has 0 saturated heterocycles. The Hall–Kier alpha value is -2.67. The molecule has 2 heterocycles. The van der Waals surface area contributed by atoms with Gasteiger partial charge in [0.1, 0.15) is 0 Å². The van der Waals surface area contributed by atoms with Crippen LogP contribution in [0.5, 0.6) is 0 Å². The van der Waals surface area contributed by atoms with E-state index in [-0.39, 0.29) is 5.91 Å². The Morgan fingerprint density at radius 2 is 2.17 bits per heavy atom. The van der Waals surface area contributed by atoms with Crippen LogP contribution in [0.25, 0.3) is 21.8 Å². The highest BCUT2D eigenvalue weighted by Crippen LogP contribution is 2.31. The zero-order valence-electron chi connectivity index (χ0n) is 13.3. The zero-order valence-corrected chi connectivity index (χ0v) is 14.1. The molecule has 0 aliphatic heterocycles. The molecule has 0 unspecified atom stereocenters. The minimum absolute atomic E-state index is 0.0289. The number of nitrogens with zero attached hydrogens (tertiary/aromatic N) is 4. The van der Waals surface area contributed by atoms with Gasteiger partial charge in [0.25, 0.3) is 0 Å². The van der Waals surface area contributed by atoms with Crippen LogP contribution in [0, 0.1) is 0 Å². The monoisotopic (exact) mass is 340 g/mol. The van der Waals surface area contributed by atoms with Crippen molar-refractivity contribution in [1.82, 2.24) is 14.9 Å². The third-order valence-electron chi connectivity index (χ3n) is 3.57. The first-order chi connectivity index (χ1) is 11.6. The van der Waals surface area contributed by atoms with Crippen LogP contribution >= 0.6 is 11.8 Å². The number of pyridine rings is 2. The Labute approximate surface area is 143 Å². The van der Waals surface area contributed by atoms with Crippen molar-refractivity contribution in [2.45, 2.75) is 4.90 Å². The zero-order chi connectivity index (χ0) is 17.1. The molecule has 0 saturated carbocycles. The molecule has 1 N–H and O–H groups in total. The normalized spacial score (nSPS) is 11.4. The van der Waals surface area contributed by atoms with E-state index in [9.17, 15) is 4.79 Å². The van der Waals surface area contributed by atoms with Crippen molar-refractivity contribution in [3.05, 3.63) is 42.2 Å². The quantitative estimate of drug-likeness (QED) is 0.260. The summed E-state index contributed by atoms with van der Waals surface area (Å²) in [6.45, 7) is 0. The van der Waals surface area contributed by atoms with Crippen molar-refractivity contribution in [2.75, 3.05) is 19.8 Å². The van der Waals surface area contributed by atoms with E-state index in [0.29, 0.717) is 11.4 Å². The first-order valence-electron chi connectivity index (χ1n) is 7.29. The molecule has 0 aliphatic rings. The van der Waals surface area contributed by atoms with Gasteiger partial charge in [-0.3, -0.25) is 9.78 Å². The number of fused-ring (bicyclic) bond motifs is 3. The van der Waals surface area contributed by atoms with Crippen molar-refractivity contribution >= 4 is 45.7 Å². The van der Waals surface area contributed by atoms with E-state index in [0.717, 1.165) is 26.7 Å². The fourth-order valence-electron chi connectivity index (χ4n) is 2.33. The van der Waals surface area contributed by atoms with Crippen LogP contribution in [0.4, 0.5) is 0 Å². The van der Waals surface area contributed by atoms with Gasteiger partial charge >= 0.3 is 0 Å². The summed E-state index contributed by atoms with van der Waals surface area (Å²) in [6.07, 6.45) is 3.00. The standard InChI is InChI=1S/C17H16N4O2S/c1-21(2)15(22)10-24-14-8-12(9-19-23)20-17-13(14)6-5-11-4-3-7-18-16(11)17/h3-9,23H,10H2,1-2H3/b19-9-. The van der Waals surface area contributed by atoms with E-state index < -0.39 is 0 Å². The Morgan fingerprint density at radius 3 is 2.92 bits per heavy atom. The van der Waals surface area contributed by atoms with Crippen LogP contribution in [0.1, 0.15) is 5.69 Å². The summed E-state index contributed by atoms with van der Waals surface area (Å²) in [4.78, 5) is 23.3. The molecule has 0 aliphatic carbocycles. The van der Waals surface area contributed by atoms with Crippen LogP contribution in [-0.4, -0.2) is 52.0 Å². The maximum absolute atomic E-state index is 11.9. The molecule has 0 atom stereocenters. The van der Waals surface area contributed by atoms with Gasteiger partial charge in [-0.2, -0.15) is 0 Å². The summed E-state index contributed by atoms with van der Waals surface area (Å²) in [5.74, 6) is 0.350. The lowest BCUT2D eigenvalue weighted by Crippen LogP contribution is -2.23. The van der Waals surface area contributed by atoms with Gasteiger partial charge < -0.3 is 10.1 Å². The molecule has 0 bridgehead atoms. The highest BCUT2D eigenvalue weighted by Gasteiger charge is 2.12. The molecule has 6 nitrogen and oxygen atoms in total. The van der Waals surface area contributed by atoms with Crippen LogP contribution in [0.3, 0.4) is 0 Å². The van der Waals surface area contributed by atoms with E-state index in [1.807, 2.05) is 30.3 Å². The molecule has 1 amide bonds. The van der Waals surface area contributed by atoms with Gasteiger partial charge in [-0.25, -0.2) is 4.98 Å². The van der Waals surface area contributed by atoms with Gasteiger partial charge in [0, 0.05) is 36.0 Å². The van der Waals surface area contributed by atoms with Crippen molar-refractivity contribution < 1.29 is 10.0 Å². The molecule has 3 rings (SSSR count). The molecule has 0 radical (unpaired) electrons. The van der Waals surface area contributed by atoms with E-state index in [1.54, 1.807) is 25.2 Å². The second-order valence-electron chi connectivity index (χ2n) is 5.40. The molecule has 0 fully saturated rings. The number of hydrogen-bond donors (Lipinski definition) is 1. The van der Waals surface area contributed by atoms with Crippen LogP contribution in [0.2, 0.25) is 0 Å². The first kappa shape index (κ1) is 16.2. The number of hydrogen-bond acceptors (Lipinski definition) is 6. The summed E-state index contributed by atoms with van der Waals surface area (Å²) >= 11 is 1.43. The van der Waals surface area contributed by atoms with Crippen LogP contribution in [-0.2, 0) is 4.79 Å². The van der Waals surface area contributed by atoms with Crippen molar-refractivity contribution in [1.29, 1.82) is 0 Å². The van der Waals surface area contributed by atoms with Crippen molar-refractivity contribution in [3.63, 3.8) is 0 Å². The van der Waals surface area contributed by atoms with Gasteiger partial charge in [0.2, 0.25) is 5.91 Å². The number of benzene rings is 1. The topological polar surface area (TPSA) is 78.7 Å². The average molecular weight is 340 g/mol. The number of carbonyl (C=O) groups is 1. The van der Waals surface area contributed by atoms with Gasteiger partial charge in [0.05, 0.1) is 28.7 Å². The maximum atomic E-state index is 11.9. The molecule has 122 valence electrons. The average Bonchev–Trinajstić information content (AvgIpc) is 2.59. The van der Waals surface area contributed by atoms with Crippen molar-refractivity contribution in [3.8, 4) is 0 Å². The number of thioether (sulfide) groups is 1. The van der Waals surface area contributed by atoms with E-state index >= 15 is 0 Å². The number of amides is 1. The van der Waals surface area contributed by atoms with Gasteiger partial charge in [-0.15, -0.1) is 11.8 Å². The summed E-state index contributed by atoms with van der Waals surface area (Å²) < 4.78 is 0. The minimum Gasteiger partial charge on any atom is -0.411 e. The first-order valence-corrected chi connectivity index (χ1v) is 8.27. The van der Waals surface area contributed by atoms with E-state index in [4.69, 9.17) is 5.21 Å². The lowest BCUT2D eigenvalue weighted by Gasteiger charge is -2.12. The van der Waals surface area contributed by atoms with Gasteiger partial charge in [-0.05, 0) is 12.1 Å². The van der Waals surface area contributed by atoms with Crippen LogP contribution in [0.15, 0.2) is 46.6 Å². The van der Waals surface area contributed by atoms with Crippen LogP contribution < -0.4 is 0 Å². The van der Waals surface area contributed by atoms with E-state index in [2.05, 4.69) is 15.1 Å². The summed E-state index contributed by atoms with van der Waals surface area (Å²) in [5.41, 5.74) is 2.03. The number of carbonyl (C=O) groups excluding carboxylic acids is 1. The molecular formula is C17H16N4O2S. The lowest BCUT2D eigenvalue weighted by molar-refractivity contribution is -0.125. The maximum Gasteiger partial charge on any atom is 0.232 e. The molecule has 1 aromatic carbocycles. The van der Waals surface area contributed by atoms with E-state index in [1.165, 1.54) is 18.0 Å². The summed E-state index contributed by atoms with van der Waals surface area (Å²) in [7, 11) is 3.46. The second-order valence-corrected chi connectivity index (χ2v) is 6.42. The van der Waals surface area contributed by atoms with Crippen molar-refractivity contribution in [2.24, 2.45) is 5.16 Å². The molecule has 0 spiro atoms. The summed E-state index contributed by atoms with van der Waals surface area (Å²) in [5, 5.41) is 13.8. The Morgan fingerprint density at radius 1 is 1.33 bits per heavy atom. The fourth-order valence-corrected chi connectivity index (χ4v) is 3.39. The fraction of sp³-hybridized carbons (Fsp3) is 0.176. The summed E-state index contributed by atoms with van der Waals surface area (Å²) in [6, 6.07) is 9.63. The van der Waals surface area contributed by atoms with Gasteiger partial charge in [-0.1, -0.05) is 23.4 Å². The molecular weight excluding hydrogens is 324 g/mol. The number of rotatable bonds is 4. The largest absolute Gasteiger partial charge is 0.411 e. The third kappa shape index (κ3) is 3.16. The predicted molar refractivity (Wildman–Crippen MR) is 95.8 cm³/mol. The minimum atomic E-state index is 0.0289. The lowest BCUT2D eigenvalue weighted by atomic mass is 10.1. The second kappa shape index (κ2) is 6.84.